The molecule has 0 aromatic carbocycles. The lowest BCUT2D eigenvalue weighted by Gasteiger charge is -2.10. The van der Waals surface area contributed by atoms with Gasteiger partial charge >= 0.3 is 6.36 Å². The van der Waals surface area contributed by atoms with Gasteiger partial charge in [0, 0.05) is 0 Å². The fourth-order valence-corrected chi connectivity index (χ4v) is 0.754. The van der Waals surface area contributed by atoms with Gasteiger partial charge in [0.25, 0.3) is 5.88 Å². The van der Waals surface area contributed by atoms with Crippen LogP contribution in [0.1, 0.15) is 0 Å². The van der Waals surface area contributed by atoms with Crippen molar-refractivity contribution in [1.82, 2.24) is 4.98 Å². The van der Waals surface area contributed by atoms with Gasteiger partial charge in [-0.2, -0.15) is 9.37 Å². The highest BCUT2D eigenvalue weighted by atomic mass is 19.4. The summed E-state index contributed by atoms with van der Waals surface area (Å²) >= 11 is 0. The molecule has 14 heavy (non-hydrogen) atoms. The van der Waals surface area contributed by atoms with Crippen molar-refractivity contribution < 1.29 is 27.0 Å². The summed E-state index contributed by atoms with van der Waals surface area (Å²) in [6, 6.07) is 1.53. The average molecular weight is 211 g/mol. The summed E-state index contributed by atoms with van der Waals surface area (Å²) in [5.41, 5.74) is 0. The molecule has 0 saturated carbocycles. The van der Waals surface area contributed by atoms with Crippen molar-refractivity contribution in [3.05, 3.63) is 18.1 Å². The molecule has 1 heterocycles. The van der Waals surface area contributed by atoms with Crippen molar-refractivity contribution in [2.24, 2.45) is 0 Å². The third-order valence-corrected chi connectivity index (χ3v) is 1.21. The summed E-state index contributed by atoms with van der Waals surface area (Å²) in [7, 11) is 1.06. The molecule has 0 bridgehead atoms. The Morgan fingerprint density at radius 2 is 1.93 bits per heavy atom. The number of aromatic nitrogens is 1. The minimum absolute atomic E-state index is 0.553. The maximum atomic E-state index is 12.4. The first-order valence-electron chi connectivity index (χ1n) is 3.38. The highest BCUT2D eigenvalue weighted by molar-refractivity contribution is 5.32. The summed E-state index contributed by atoms with van der Waals surface area (Å²) < 4.78 is 55.6. The second kappa shape index (κ2) is 3.69. The van der Waals surface area contributed by atoms with Crippen molar-refractivity contribution in [3.63, 3.8) is 0 Å². The van der Waals surface area contributed by atoms with Gasteiger partial charge in [0.1, 0.15) is 0 Å². The Hall–Kier alpha value is -1.53. The smallest absolute Gasteiger partial charge is 0.478 e. The Morgan fingerprint density at radius 3 is 2.43 bits per heavy atom. The van der Waals surface area contributed by atoms with Gasteiger partial charge in [0.2, 0.25) is 5.95 Å². The Labute approximate surface area is 76.3 Å². The Bertz CT molecular complexity index is 326. The lowest BCUT2D eigenvalue weighted by Crippen LogP contribution is -2.18. The van der Waals surface area contributed by atoms with Gasteiger partial charge in [-0.25, -0.2) is 0 Å². The number of pyridine rings is 1. The molecule has 3 nitrogen and oxygen atoms in total. The van der Waals surface area contributed by atoms with E-state index in [-0.39, 0.29) is 0 Å². The Kier molecular flexibility index (Phi) is 2.78. The summed E-state index contributed by atoms with van der Waals surface area (Å²) in [6.07, 6.45) is -4.85. The van der Waals surface area contributed by atoms with Crippen LogP contribution in [0.2, 0.25) is 0 Å². The molecule has 7 heteroatoms. The second-order valence-electron chi connectivity index (χ2n) is 2.19. The SMILES string of the molecule is COc1nc(F)ccc1OC(F)(F)F. The fourth-order valence-electron chi connectivity index (χ4n) is 0.754. The molecular weight excluding hydrogens is 206 g/mol. The molecule has 0 N–H and O–H groups in total. The number of methoxy groups -OCH3 is 1. The lowest BCUT2D eigenvalue weighted by atomic mass is 10.4. The standard InChI is InChI=1S/C7H5F4NO2/c1-13-6-4(14-7(9,10)11)2-3-5(8)12-6/h2-3H,1H3. The van der Waals surface area contributed by atoms with Crippen LogP contribution < -0.4 is 9.47 Å². The first-order chi connectivity index (χ1) is 6.42. The van der Waals surface area contributed by atoms with Crippen LogP contribution in [0.15, 0.2) is 12.1 Å². The van der Waals surface area contributed by atoms with Crippen molar-refractivity contribution in [2.45, 2.75) is 6.36 Å². The van der Waals surface area contributed by atoms with Crippen molar-refractivity contribution >= 4 is 0 Å². The molecule has 1 aromatic heterocycles. The number of hydrogen-bond donors (Lipinski definition) is 0. The van der Waals surface area contributed by atoms with Gasteiger partial charge in [-0.3, -0.25) is 0 Å². The zero-order valence-electron chi connectivity index (χ0n) is 6.93. The number of hydrogen-bond acceptors (Lipinski definition) is 3. The van der Waals surface area contributed by atoms with E-state index >= 15 is 0 Å². The van der Waals surface area contributed by atoms with E-state index < -0.39 is 23.9 Å². The van der Waals surface area contributed by atoms with Crippen molar-refractivity contribution in [3.8, 4) is 11.6 Å². The van der Waals surface area contributed by atoms with Crippen molar-refractivity contribution in [2.75, 3.05) is 7.11 Å². The maximum Gasteiger partial charge on any atom is 0.573 e. The largest absolute Gasteiger partial charge is 0.573 e. The third kappa shape index (κ3) is 2.75. The van der Waals surface area contributed by atoms with E-state index in [1.165, 1.54) is 0 Å². The summed E-state index contributed by atoms with van der Waals surface area (Å²) in [5, 5.41) is 0. The second-order valence-corrected chi connectivity index (χ2v) is 2.19. The van der Waals surface area contributed by atoms with E-state index in [0.717, 1.165) is 19.2 Å². The predicted molar refractivity (Wildman–Crippen MR) is 37.4 cm³/mol. The quantitative estimate of drug-likeness (QED) is 0.554. The molecule has 78 valence electrons. The van der Waals surface area contributed by atoms with E-state index in [9.17, 15) is 17.6 Å². The number of alkyl halides is 3. The zero-order chi connectivity index (χ0) is 10.8. The van der Waals surface area contributed by atoms with Gasteiger partial charge in [0.15, 0.2) is 5.75 Å². The molecule has 1 rings (SSSR count). The molecule has 0 aliphatic heterocycles. The zero-order valence-corrected chi connectivity index (χ0v) is 6.93. The van der Waals surface area contributed by atoms with Crippen LogP contribution in [0.5, 0.6) is 11.6 Å². The van der Waals surface area contributed by atoms with E-state index in [0.29, 0.717) is 0 Å². The molecule has 0 radical (unpaired) electrons. The van der Waals surface area contributed by atoms with Crippen LogP contribution in [-0.4, -0.2) is 18.5 Å². The molecule has 0 amide bonds. The van der Waals surface area contributed by atoms with Crippen LogP contribution in [0, 0.1) is 5.95 Å². The molecule has 0 aliphatic rings. The number of ether oxygens (including phenoxy) is 2. The fraction of sp³-hybridized carbons (Fsp3) is 0.286. The molecular formula is C7H5F4NO2. The van der Waals surface area contributed by atoms with E-state index in [4.69, 9.17) is 0 Å². The molecule has 0 saturated heterocycles. The number of rotatable bonds is 2. The summed E-state index contributed by atoms with van der Waals surface area (Å²) in [4.78, 5) is 3.06. The highest BCUT2D eigenvalue weighted by Gasteiger charge is 2.32. The topological polar surface area (TPSA) is 31.4 Å². The molecule has 1 aromatic rings. The van der Waals surface area contributed by atoms with E-state index in [1.54, 1.807) is 0 Å². The van der Waals surface area contributed by atoms with Crippen molar-refractivity contribution in [1.29, 1.82) is 0 Å². The van der Waals surface area contributed by atoms with Gasteiger partial charge in [-0.05, 0) is 12.1 Å². The number of halogens is 4. The molecule has 0 atom stereocenters. The molecule has 0 spiro atoms. The van der Waals surface area contributed by atoms with Gasteiger partial charge in [0.05, 0.1) is 7.11 Å². The van der Waals surface area contributed by atoms with E-state index in [2.05, 4.69) is 14.5 Å². The minimum Gasteiger partial charge on any atom is -0.478 e. The third-order valence-electron chi connectivity index (χ3n) is 1.21. The molecule has 0 unspecified atom stereocenters. The van der Waals surface area contributed by atoms with Crippen LogP contribution in [-0.2, 0) is 0 Å². The monoisotopic (exact) mass is 211 g/mol. The van der Waals surface area contributed by atoms with Crippen LogP contribution in [0.25, 0.3) is 0 Å². The van der Waals surface area contributed by atoms with Crippen LogP contribution in [0.4, 0.5) is 17.6 Å². The first-order valence-corrected chi connectivity index (χ1v) is 3.38. The summed E-state index contributed by atoms with van der Waals surface area (Å²) in [5.74, 6) is -2.18. The average Bonchev–Trinajstić information content (AvgIpc) is 2.06. The number of nitrogens with zero attached hydrogens (tertiary/aromatic N) is 1. The molecule has 0 fully saturated rings. The van der Waals surface area contributed by atoms with Crippen LogP contribution >= 0.6 is 0 Å². The van der Waals surface area contributed by atoms with E-state index in [1.807, 2.05) is 0 Å². The van der Waals surface area contributed by atoms with Gasteiger partial charge in [-0.1, -0.05) is 0 Å². The van der Waals surface area contributed by atoms with Gasteiger partial charge < -0.3 is 9.47 Å². The first kappa shape index (κ1) is 10.6. The lowest BCUT2D eigenvalue weighted by molar-refractivity contribution is -0.275. The predicted octanol–water partition coefficient (Wildman–Crippen LogP) is 2.13. The minimum atomic E-state index is -4.85. The van der Waals surface area contributed by atoms with Gasteiger partial charge in [-0.15, -0.1) is 13.2 Å². The molecule has 0 aliphatic carbocycles. The normalized spacial score (nSPS) is 11.2. The Balaban J connectivity index is 2.97. The summed E-state index contributed by atoms with van der Waals surface area (Å²) in [6.45, 7) is 0. The maximum absolute atomic E-state index is 12.4. The Morgan fingerprint density at radius 1 is 1.29 bits per heavy atom. The van der Waals surface area contributed by atoms with Crippen LogP contribution in [0.3, 0.4) is 0 Å². The highest BCUT2D eigenvalue weighted by Crippen LogP contribution is 2.29.